The van der Waals surface area contributed by atoms with Crippen molar-refractivity contribution >= 4 is 34.0 Å². The van der Waals surface area contributed by atoms with E-state index in [1.54, 1.807) is 13.0 Å². The average molecular weight is 431 g/mol. The number of rotatable bonds is 4. The third-order valence-electron chi connectivity index (χ3n) is 3.96. The van der Waals surface area contributed by atoms with Crippen molar-refractivity contribution in [2.24, 2.45) is 0 Å². The summed E-state index contributed by atoms with van der Waals surface area (Å²) in [4.78, 5) is 24.5. The van der Waals surface area contributed by atoms with Crippen LogP contribution in [0.15, 0.2) is 10.9 Å². The molecule has 0 saturated heterocycles. The van der Waals surface area contributed by atoms with E-state index in [0.717, 1.165) is 0 Å². The molecule has 1 aliphatic carbocycles. The zero-order chi connectivity index (χ0) is 16.8. The van der Waals surface area contributed by atoms with Crippen LogP contribution in [-0.4, -0.2) is 42.1 Å². The van der Waals surface area contributed by atoms with Crippen LogP contribution in [-0.2, 0) is 17.8 Å². The highest BCUT2D eigenvalue weighted by Gasteiger charge is 2.39. The molecule has 2 N–H and O–H groups in total. The first-order valence-corrected chi connectivity index (χ1v) is 8.54. The second-order valence-corrected chi connectivity index (χ2v) is 7.27. The lowest BCUT2D eigenvalue weighted by molar-refractivity contribution is -0.125. The minimum absolute atomic E-state index is 0.0431. The van der Waals surface area contributed by atoms with Crippen molar-refractivity contribution in [2.45, 2.75) is 51.3 Å². The van der Waals surface area contributed by atoms with E-state index >= 15 is 0 Å². The Hall–Kier alpha value is -1.49. The molecule has 1 amide bonds. The number of fused-ring (bicyclic) bond motifs is 1. The predicted molar refractivity (Wildman–Crippen MR) is 91.1 cm³/mol. The van der Waals surface area contributed by atoms with Gasteiger partial charge in [0.05, 0.1) is 5.60 Å². The summed E-state index contributed by atoms with van der Waals surface area (Å²) in [6, 6.07) is 1.64. The summed E-state index contributed by atoms with van der Waals surface area (Å²) in [6.07, 6.45) is 1.66. The van der Waals surface area contributed by atoms with Crippen LogP contribution < -0.4 is 10.9 Å². The number of halogens is 1. The molecule has 0 spiro atoms. The highest BCUT2D eigenvalue weighted by Crippen LogP contribution is 2.31. The maximum absolute atomic E-state index is 12.4. The molecular weight excluding hydrogens is 413 g/mol. The van der Waals surface area contributed by atoms with Gasteiger partial charge in [-0.3, -0.25) is 9.59 Å². The molecule has 124 valence electrons. The molecule has 1 aliphatic rings. The molecule has 0 aliphatic heterocycles. The fourth-order valence-corrected chi connectivity index (χ4v) is 3.41. The van der Waals surface area contributed by atoms with Crippen molar-refractivity contribution in [3.63, 3.8) is 0 Å². The number of aliphatic hydroxyl groups is 1. The number of carbonyl (C=O) groups is 1. The lowest BCUT2D eigenvalue weighted by Gasteiger charge is -2.41. The van der Waals surface area contributed by atoms with Crippen LogP contribution in [0.25, 0.3) is 5.52 Å². The van der Waals surface area contributed by atoms with E-state index in [-0.39, 0.29) is 24.1 Å². The molecule has 0 atom stereocenters. The highest BCUT2D eigenvalue weighted by molar-refractivity contribution is 14.1. The second kappa shape index (κ2) is 5.86. The maximum atomic E-state index is 12.4. The molecule has 0 bridgehead atoms. The molecular formula is C14H18IN5O3. The first-order valence-electron chi connectivity index (χ1n) is 7.46. The van der Waals surface area contributed by atoms with Gasteiger partial charge in [-0.05, 0) is 42.4 Å². The Morgan fingerprint density at radius 2 is 2.22 bits per heavy atom. The van der Waals surface area contributed by atoms with Crippen molar-refractivity contribution in [1.82, 2.24) is 24.7 Å². The van der Waals surface area contributed by atoms with Gasteiger partial charge in [-0.15, -0.1) is 0 Å². The minimum Gasteiger partial charge on any atom is -0.390 e. The van der Waals surface area contributed by atoms with E-state index in [1.807, 2.05) is 29.5 Å². The van der Waals surface area contributed by atoms with Gasteiger partial charge in [-0.25, -0.2) is 9.20 Å². The zero-order valence-electron chi connectivity index (χ0n) is 12.9. The third-order valence-corrected chi connectivity index (χ3v) is 4.49. The molecule has 0 radical (unpaired) electrons. The first-order chi connectivity index (χ1) is 10.8. The maximum Gasteiger partial charge on any atom is 0.293 e. The fourth-order valence-electron chi connectivity index (χ4n) is 2.90. The molecule has 8 nitrogen and oxygen atoms in total. The number of amides is 1. The molecule has 23 heavy (non-hydrogen) atoms. The summed E-state index contributed by atoms with van der Waals surface area (Å²) in [7, 11) is 0. The average Bonchev–Trinajstić information content (AvgIpc) is 2.82. The largest absolute Gasteiger partial charge is 0.390 e. The summed E-state index contributed by atoms with van der Waals surface area (Å²) < 4.78 is 3.41. The molecule has 3 rings (SSSR count). The van der Waals surface area contributed by atoms with E-state index in [9.17, 15) is 14.7 Å². The van der Waals surface area contributed by atoms with Crippen molar-refractivity contribution in [2.75, 3.05) is 0 Å². The van der Waals surface area contributed by atoms with Gasteiger partial charge in [0.1, 0.15) is 15.8 Å². The van der Waals surface area contributed by atoms with Crippen LogP contribution in [0.4, 0.5) is 0 Å². The minimum atomic E-state index is -0.699. The molecule has 0 aromatic carbocycles. The van der Waals surface area contributed by atoms with Crippen LogP contribution in [0.1, 0.15) is 32.5 Å². The van der Waals surface area contributed by atoms with E-state index in [4.69, 9.17) is 0 Å². The summed E-state index contributed by atoms with van der Waals surface area (Å²) in [5.41, 5.74) is -0.621. The highest BCUT2D eigenvalue weighted by atomic mass is 127. The van der Waals surface area contributed by atoms with Gasteiger partial charge in [-0.1, -0.05) is 6.92 Å². The van der Waals surface area contributed by atoms with Crippen molar-refractivity contribution in [3.05, 3.63) is 25.9 Å². The first kappa shape index (κ1) is 16.4. The van der Waals surface area contributed by atoms with Crippen LogP contribution >= 0.6 is 22.6 Å². The Labute approximate surface area is 146 Å². The SMILES string of the molecule is CCc1nn(CC(=O)NC2CC(C)(O)C2)c(=O)c2cc(I)nn12. The number of nitrogens with zero attached hydrogens (tertiary/aromatic N) is 4. The topological polar surface area (TPSA) is 102 Å². The van der Waals surface area contributed by atoms with Crippen LogP contribution in [0.2, 0.25) is 0 Å². The van der Waals surface area contributed by atoms with Crippen molar-refractivity contribution < 1.29 is 9.90 Å². The number of nitrogens with one attached hydrogen (secondary N) is 1. The molecule has 2 heterocycles. The van der Waals surface area contributed by atoms with Gasteiger partial charge in [-0.2, -0.15) is 10.2 Å². The van der Waals surface area contributed by atoms with Gasteiger partial charge in [0.15, 0.2) is 5.82 Å². The summed E-state index contributed by atoms with van der Waals surface area (Å²) in [5, 5.41) is 21.0. The lowest BCUT2D eigenvalue weighted by Crippen LogP contribution is -2.54. The third kappa shape index (κ3) is 3.25. The quantitative estimate of drug-likeness (QED) is 0.669. The van der Waals surface area contributed by atoms with E-state index < -0.39 is 5.60 Å². The molecule has 1 saturated carbocycles. The van der Waals surface area contributed by atoms with Gasteiger partial charge < -0.3 is 10.4 Å². The van der Waals surface area contributed by atoms with Gasteiger partial charge in [0.2, 0.25) is 5.91 Å². The Morgan fingerprint density at radius 1 is 1.52 bits per heavy atom. The smallest absolute Gasteiger partial charge is 0.293 e. The number of hydrogen-bond donors (Lipinski definition) is 2. The Morgan fingerprint density at radius 3 is 2.83 bits per heavy atom. The van der Waals surface area contributed by atoms with Crippen LogP contribution in [0.5, 0.6) is 0 Å². The molecule has 1 fully saturated rings. The number of hydrogen-bond acceptors (Lipinski definition) is 5. The fraction of sp³-hybridized carbons (Fsp3) is 0.571. The van der Waals surface area contributed by atoms with E-state index in [2.05, 4.69) is 15.5 Å². The Bertz CT molecular complexity index is 818. The molecule has 0 unspecified atom stereocenters. The number of aryl methyl sites for hydroxylation is 1. The van der Waals surface area contributed by atoms with Crippen molar-refractivity contribution in [1.29, 1.82) is 0 Å². The van der Waals surface area contributed by atoms with Gasteiger partial charge in [0, 0.05) is 18.5 Å². The van der Waals surface area contributed by atoms with E-state index in [0.29, 0.717) is 34.3 Å². The lowest BCUT2D eigenvalue weighted by atomic mass is 9.77. The van der Waals surface area contributed by atoms with Gasteiger partial charge in [0.25, 0.3) is 5.56 Å². The monoisotopic (exact) mass is 431 g/mol. The van der Waals surface area contributed by atoms with E-state index in [1.165, 1.54) is 9.20 Å². The predicted octanol–water partition coefficient (Wildman–Crippen LogP) is 0.0876. The summed E-state index contributed by atoms with van der Waals surface area (Å²) in [6.45, 7) is 3.52. The Kier molecular flexibility index (Phi) is 4.17. The molecule has 2 aromatic rings. The van der Waals surface area contributed by atoms with Crippen LogP contribution in [0, 0.1) is 3.70 Å². The molecule has 9 heteroatoms. The summed E-state index contributed by atoms with van der Waals surface area (Å²) in [5.74, 6) is 0.350. The number of aromatic nitrogens is 4. The number of carbonyl (C=O) groups excluding carboxylic acids is 1. The summed E-state index contributed by atoms with van der Waals surface area (Å²) >= 11 is 2.04. The second-order valence-electron chi connectivity index (χ2n) is 6.17. The molecule has 2 aromatic heterocycles. The standard InChI is InChI=1S/C14H18IN5O3/c1-3-11-18-19(13(22)9-4-10(15)17-20(9)11)7-12(21)16-8-5-14(2,23)6-8/h4,8,23H,3,5-7H2,1-2H3,(H,16,21). The van der Waals surface area contributed by atoms with Crippen molar-refractivity contribution in [3.8, 4) is 0 Å². The zero-order valence-corrected chi connectivity index (χ0v) is 15.1. The van der Waals surface area contributed by atoms with Gasteiger partial charge >= 0.3 is 0 Å². The normalized spacial score (nSPS) is 23.7. The van der Waals surface area contributed by atoms with Crippen LogP contribution in [0.3, 0.4) is 0 Å². The Balaban J connectivity index is 1.81.